The molecule has 2 amide bonds. The largest absolute Gasteiger partial charge is 0.302 e. The molecule has 1 aromatic rings. The Morgan fingerprint density at radius 3 is 2.50 bits per heavy atom. The van der Waals surface area contributed by atoms with E-state index in [0.717, 1.165) is 6.20 Å². The SMILES string of the molecule is CC1CCC(=O)N(C(=O)c2cc(Cl)cc(Cl)c2)C=C(F)C1=N. The van der Waals surface area contributed by atoms with Crippen LogP contribution < -0.4 is 0 Å². The van der Waals surface area contributed by atoms with Gasteiger partial charge in [-0.1, -0.05) is 30.1 Å². The lowest BCUT2D eigenvalue weighted by molar-refractivity contribution is -0.126. The molecule has 4 nitrogen and oxygen atoms in total. The second-order valence-corrected chi connectivity index (χ2v) is 5.93. The molecule has 0 aromatic heterocycles. The summed E-state index contributed by atoms with van der Waals surface area (Å²) in [5, 5.41) is 8.15. The topological polar surface area (TPSA) is 61.2 Å². The number of carbonyl (C=O) groups excluding carboxylic acids is 2. The Morgan fingerprint density at radius 1 is 1.32 bits per heavy atom. The van der Waals surface area contributed by atoms with E-state index in [1.165, 1.54) is 18.2 Å². The van der Waals surface area contributed by atoms with Gasteiger partial charge in [-0.15, -0.1) is 0 Å². The van der Waals surface area contributed by atoms with E-state index in [2.05, 4.69) is 0 Å². The number of hydrogen-bond acceptors (Lipinski definition) is 3. The zero-order valence-electron chi connectivity index (χ0n) is 11.7. The number of amides is 2. The number of halogens is 3. The molecule has 2 rings (SSSR count). The highest BCUT2D eigenvalue weighted by Gasteiger charge is 2.27. The van der Waals surface area contributed by atoms with E-state index in [1.54, 1.807) is 6.92 Å². The van der Waals surface area contributed by atoms with Crippen LogP contribution in [-0.4, -0.2) is 22.4 Å². The minimum Gasteiger partial charge on any atom is -0.302 e. The van der Waals surface area contributed by atoms with Crippen LogP contribution in [-0.2, 0) is 4.79 Å². The number of nitrogens with one attached hydrogen (secondary N) is 1. The maximum absolute atomic E-state index is 14.0. The van der Waals surface area contributed by atoms with Crippen LogP contribution in [0.5, 0.6) is 0 Å². The minimum absolute atomic E-state index is 0.0490. The molecule has 0 saturated heterocycles. The van der Waals surface area contributed by atoms with Gasteiger partial charge in [0.15, 0.2) is 5.83 Å². The molecule has 1 atom stereocenters. The average molecular weight is 343 g/mol. The van der Waals surface area contributed by atoms with Gasteiger partial charge in [0.2, 0.25) is 5.91 Å². The summed E-state index contributed by atoms with van der Waals surface area (Å²) in [5.41, 5.74) is -0.149. The predicted octanol–water partition coefficient (Wildman–Crippen LogP) is 4.22. The average Bonchev–Trinajstić information content (AvgIpc) is 2.46. The van der Waals surface area contributed by atoms with Crippen molar-refractivity contribution in [1.82, 2.24) is 4.90 Å². The molecule has 0 fully saturated rings. The zero-order valence-corrected chi connectivity index (χ0v) is 13.2. The van der Waals surface area contributed by atoms with Crippen LogP contribution in [0.15, 0.2) is 30.2 Å². The molecule has 1 N–H and O–H groups in total. The third-order valence-electron chi connectivity index (χ3n) is 3.38. The molecule has 116 valence electrons. The fourth-order valence-electron chi connectivity index (χ4n) is 2.08. The summed E-state index contributed by atoms with van der Waals surface area (Å²) in [7, 11) is 0. The molecule has 1 aliphatic rings. The monoisotopic (exact) mass is 342 g/mol. The Morgan fingerprint density at radius 2 is 1.91 bits per heavy atom. The van der Waals surface area contributed by atoms with Gasteiger partial charge in [0.05, 0.1) is 11.9 Å². The van der Waals surface area contributed by atoms with Gasteiger partial charge in [0.25, 0.3) is 5.91 Å². The number of carbonyl (C=O) groups is 2. The van der Waals surface area contributed by atoms with Gasteiger partial charge in [-0.05, 0) is 24.6 Å². The van der Waals surface area contributed by atoms with Crippen molar-refractivity contribution in [3.8, 4) is 0 Å². The van der Waals surface area contributed by atoms with Gasteiger partial charge in [0.1, 0.15) is 0 Å². The second-order valence-electron chi connectivity index (χ2n) is 5.06. The number of allylic oxidation sites excluding steroid dienone is 1. The maximum atomic E-state index is 14.0. The van der Waals surface area contributed by atoms with E-state index in [9.17, 15) is 14.0 Å². The molecule has 1 aliphatic heterocycles. The number of nitrogens with zero attached hydrogens (tertiary/aromatic N) is 1. The van der Waals surface area contributed by atoms with Crippen LogP contribution in [0.2, 0.25) is 10.0 Å². The highest BCUT2D eigenvalue weighted by molar-refractivity contribution is 6.35. The number of imide groups is 1. The quantitative estimate of drug-likeness (QED) is 0.776. The summed E-state index contributed by atoms with van der Waals surface area (Å²) in [6.07, 6.45) is 1.11. The van der Waals surface area contributed by atoms with E-state index in [0.29, 0.717) is 11.3 Å². The van der Waals surface area contributed by atoms with Gasteiger partial charge in [-0.3, -0.25) is 14.5 Å². The highest BCUT2D eigenvalue weighted by Crippen LogP contribution is 2.23. The Labute approximate surface area is 137 Å². The summed E-state index contributed by atoms with van der Waals surface area (Å²) in [6, 6.07) is 4.14. The van der Waals surface area contributed by atoms with Crippen LogP contribution >= 0.6 is 23.2 Å². The van der Waals surface area contributed by atoms with Crippen molar-refractivity contribution in [3.05, 3.63) is 45.8 Å². The van der Waals surface area contributed by atoms with E-state index in [-0.39, 0.29) is 33.7 Å². The third kappa shape index (κ3) is 3.54. The molecule has 1 aromatic carbocycles. The van der Waals surface area contributed by atoms with Crippen molar-refractivity contribution in [3.63, 3.8) is 0 Å². The molecule has 0 aliphatic carbocycles. The molecular formula is C15H13Cl2FN2O2. The standard InChI is InChI=1S/C15H13Cl2FN2O2/c1-8-2-3-13(21)20(7-12(18)14(8)19)15(22)9-4-10(16)6-11(17)5-9/h4-8,19H,2-3H2,1H3. The van der Waals surface area contributed by atoms with Crippen molar-refractivity contribution in [2.75, 3.05) is 0 Å². The van der Waals surface area contributed by atoms with Crippen LogP contribution in [0, 0.1) is 11.3 Å². The first-order chi connectivity index (χ1) is 10.3. The minimum atomic E-state index is -0.901. The first-order valence-corrected chi connectivity index (χ1v) is 7.34. The highest BCUT2D eigenvalue weighted by atomic mass is 35.5. The first kappa shape index (κ1) is 16.6. The molecule has 7 heteroatoms. The first-order valence-electron chi connectivity index (χ1n) is 6.58. The van der Waals surface area contributed by atoms with E-state index in [4.69, 9.17) is 28.6 Å². The Kier molecular flexibility index (Phi) is 4.98. The molecular weight excluding hydrogens is 330 g/mol. The Bertz CT molecular complexity index is 668. The molecule has 0 saturated carbocycles. The summed E-state index contributed by atoms with van der Waals surface area (Å²) < 4.78 is 14.0. The Hall–Kier alpha value is -1.72. The summed E-state index contributed by atoms with van der Waals surface area (Å²) in [5.74, 6) is -2.54. The van der Waals surface area contributed by atoms with Gasteiger partial charge < -0.3 is 5.41 Å². The van der Waals surface area contributed by atoms with Crippen molar-refractivity contribution in [1.29, 1.82) is 5.41 Å². The lowest BCUT2D eigenvalue weighted by atomic mass is 9.97. The van der Waals surface area contributed by atoms with Crippen molar-refractivity contribution >= 4 is 40.7 Å². The molecule has 0 radical (unpaired) electrons. The van der Waals surface area contributed by atoms with Crippen molar-refractivity contribution in [2.45, 2.75) is 19.8 Å². The Balaban J connectivity index is 2.41. The van der Waals surface area contributed by atoms with Gasteiger partial charge in [0, 0.05) is 27.9 Å². The fourth-order valence-corrected chi connectivity index (χ4v) is 2.61. The van der Waals surface area contributed by atoms with Gasteiger partial charge >= 0.3 is 0 Å². The van der Waals surface area contributed by atoms with Crippen LogP contribution in [0.3, 0.4) is 0 Å². The lowest BCUT2D eigenvalue weighted by Gasteiger charge is -2.22. The summed E-state index contributed by atoms with van der Waals surface area (Å²) in [6.45, 7) is 1.66. The van der Waals surface area contributed by atoms with Crippen molar-refractivity contribution < 1.29 is 14.0 Å². The van der Waals surface area contributed by atoms with E-state index < -0.39 is 17.6 Å². The van der Waals surface area contributed by atoms with Crippen LogP contribution in [0.4, 0.5) is 4.39 Å². The molecule has 0 spiro atoms. The normalized spacial score (nSPS) is 19.5. The number of benzene rings is 1. The van der Waals surface area contributed by atoms with E-state index in [1.807, 2.05) is 0 Å². The lowest BCUT2D eigenvalue weighted by Crippen LogP contribution is -2.35. The van der Waals surface area contributed by atoms with Crippen molar-refractivity contribution in [2.24, 2.45) is 5.92 Å². The van der Waals surface area contributed by atoms with E-state index >= 15 is 0 Å². The smallest absolute Gasteiger partial charge is 0.264 e. The maximum Gasteiger partial charge on any atom is 0.264 e. The van der Waals surface area contributed by atoms with Gasteiger partial charge in [-0.25, -0.2) is 4.39 Å². The fraction of sp³-hybridized carbons (Fsp3) is 0.267. The third-order valence-corrected chi connectivity index (χ3v) is 3.82. The summed E-state index contributed by atoms with van der Waals surface area (Å²) in [4.78, 5) is 25.2. The molecule has 22 heavy (non-hydrogen) atoms. The second kappa shape index (κ2) is 6.58. The number of rotatable bonds is 1. The van der Waals surface area contributed by atoms with Crippen LogP contribution in [0.25, 0.3) is 0 Å². The number of hydrogen-bond donors (Lipinski definition) is 1. The van der Waals surface area contributed by atoms with Crippen LogP contribution in [0.1, 0.15) is 30.1 Å². The predicted molar refractivity (Wildman–Crippen MR) is 83.0 cm³/mol. The molecule has 1 heterocycles. The zero-order chi connectivity index (χ0) is 16.4. The van der Waals surface area contributed by atoms with Gasteiger partial charge in [-0.2, -0.15) is 0 Å². The molecule has 1 unspecified atom stereocenters. The molecule has 0 bridgehead atoms. The summed E-state index contributed by atoms with van der Waals surface area (Å²) >= 11 is 11.7.